The first-order valence-electron chi connectivity index (χ1n) is 6.43. The average Bonchev–Trinajstić information content (AvgIpc) is 2.81. The summed E-state index contributed by atoms with van der Waals surface area (Å²) in [4.78, 5) is 1.13. The molecule has 2 nitrogen and oxygen atoms in total. The van der Waals surface area contributed by atoms with Gasteiger partial charge < -0.3 is 10.1 Å². The second-order valence-corrected chi connectivity index (χ2v) is 7.50. The molecule has 0 saturated carbocycles. The van der Waals surface area contributed by atoms with Crippen LogP contribution in [0, 0.1) is 0 Å². The van der Waals surface area contributed by atoms with Crippen LogP contribution in [0.2, 0.25) is 4.34 Å². The van der Waals surface area contributed by atoms with Gasteiger partial charge in [-0.15, -0.1) is 11.3 Å². The topological polar surface area (TPSA) is 21.3 Å². The Labute approximate surface area is 137 Å². The molecule has 1 aromatic carbocycles. The molecule has 0 radical (unpaired) electrons. The second kappa shape index (κ2) is 7.46. The molecule has 2 rings (SSSR count). The minimum atomic E-state index is 0.443. The molecular formula is C15H17BrClNOS. The summed E-state index contributed by atoms with van der Waals surface area (Å²) in [5, 5.41) is 3.41. The maximum Gasteiger partial charge on any atom is 0.124 e. The van der Waals surface area contributed by atoms with Gasteiger partial charge in [0.25, 0.3) is 0 Å². The van der Waals surface area contributed by atoms with E-state index < -0.39 is 0 Å². The van der Waals surface area contributed by atoms with Crippen molar-refractivity contribution in [3.8, 4) is 5.75 Å². The SMILES string of the molecule is CC(C)NCc1cc(Br)ccc1OCc1ccc(Cl)s1. The Morgan fingerprint density at radius 1 is 1.30 bits per heavy atom. The van der Waals surface area contributed by atoms with Gasteiger partial charge in [0, 0.05) is 27.5 Å². The number of rotatable bonds is 6. The van der Waals surface area contributed by atoms with Gasteiger partial charge >= 0.3 is 0 Å². The van der Waals surface area contributed by atoms with Crippen LogP contribution in [0.5, 0.6) is 5.75 Å². The summed E-state index contributed by atoms with van der Waals surface area (Å²) in [5.41, 5.74) is 1.15. The molecule has 0 amide bonds. The van der Waals surface area contributed by atoms with Crippen molar-refractivity contribution in [1.82, 2.24) is 5.32 Å². The molecule has 20 heavy (non-hydrogen) atoms. The normalized spacial score (nSPS) is 11.1. The van der Waals surface area contributed by atoms with Crippen LogP contribution in [0.25, 0.3) is 0 Å². The van der Waals surface area contributed by atoms with E-state index in [1.54, 1.807) is 11.3 Å². The largest absolute Gasteiger partial charge is 0.488 e. The van der Waals surface area contributed by atoms with Gasteiger partial charge in [-0.05, 0) is 30.3 Å². The van der Waals surface area contributed by atoms with Gasteiger partial charge in [-0.25, -0.2) is 0 Å². The van der Waals surface area contributed by atoms with E-state index in [1.165, 1.54) is 0 Å². The first-order valence-corrected chi connectivity index (χ1v) is 8.42. The third kappa shape index (κ3) is 4.77. The molecule has 1 aromatic heterocycles. The van der Waals surface area contributed by atoms with Crippen LogP contribution in [0.15, 0.2) is 34.8 Å². The van der Waals surface area contributed by atoms with Crippen LogP contribution in [-0.2, 0) is 13.2 Å². The fraction of sp³-hybridized carbons (Fsp3) is 0.333. The van der Waals surface area contributed by atoms with E-state index >= 15 is 0 Å². The predicted octanol–water partition coefficient (Wildman–Crippen LogP) is 5.24. The molecule has 0 bridgehead atoms. The minimum Gasteiger partial charge on any atom is -0.488 e. The highest BCUT2D eigenvalue weighted by atomic mass is 79.9. The van der Waals surface area contributed by atoms with E-state index in [1.807, 2.05) is 24.3 Å². The lowest BCUT2D eigenvalue weighted by atomic mass is 10.2. The van der Waals surface area contributed by atoms with Crippen molar-refractivity contribution in [2.45, 2.75) is 33.0 Å². The van der Waals surface area contributed by atoms with Gasteiger partial charge in [-0.3, -0.25) is 0 Å². The fourth-order valence-corrected chi connectivity index (χ4v) is 3.13. The van der Waals surface area contributed by atoms with Gasteiger partial charge in [0.15, 0.2) is 0 Å². The molecule has 0 atom stereocenters. The fourth-order valence-electron chi connectivity index (χ4n) is 1.72. The van der Waals surface area contributed by atoms with Crippen LogP contribution < -0.4 is 10.1 Å². The van der Waals surface area contributed by atoms with Crippen molar-refractivity contribution >= 4 is 38.9 Å². The molecule has 0 aliphatic heterocycles. The highest BCUT2D eigenvalue weighted by Gasteiger charge is 2.07. The van der Waals surface area contributed by atoms with E-state index in [2.05, 4.69) is 41.2 Å². The number of hydrogen-bond acceptors (Lipinski definition) is 3. The molecular weight excluding hydrogens is 358 g/mol. The number of nitrogens with one attached hydrogen (secondary N) is 1. The van der Waals surface area contributed by atoms with E-state index in [4.69, 9.17) is 16.3 Å². The quantitative estimate of drug-likeness (QED) is 0.746. The van der Waals surface area contributed by atoms with Gasteiger partial charge in [-0.2, -0.15) is 0 Å². The number of benzene rings is 1. The van der Waals surface area contributed by atoms with Gasteiger partial charge in [0.1, 0.15) is 12.4 Å². The number of hydrogen-bond donors (Lipinski definition) is 1. The molecule has 1 N–H and O–H groups in total. The molecule has 0 saturated heterocycles. The summed E-state index contributed by atoms with van der Waals surface area (Å²) >= 11 is 11.0. The van der Waals surface area contributed by atoms with Crippen molar-refractivity contribution in [2.24, 2.45) is 0 Å². The Morgan fingerprint density at radius 3 is 2.75 bits per heavy atom. The third-order valence-corrected chi connectivity index (χ3v) is 4.42. The lowest BCUT2D eigenvalue weighted by Crippen LogP contribution is -2.22. The van der Waals surface area contributed by atoms with Crippen molar-refractivity contribution in [3.63, 3.8) is 0 Å². The number of ether oxygens (including phenoxy) is 1. The first kappa shape index (κ1) is 15.8. The molecule has 0 aliphatic rings. The second-order valence-electron chi connectivity index (χ2n) is 4.78. The van der Waals surface area contributed by atoms with Crippen LogP contribution in [0.4, 0.5) is 0 Å². The molecule has 2 aromatic rings. The van der Waals surface area contributed by atoms with E-state index in [-0.39, 0.29) is 0 Å². The first-order chi connectivity index (χ1) is 9.54. The Balaban J connectivity index is 2.05. The average molecular weight is 375 g/mol. The zero-order valence-electron chi connectivity index (χ0n) is 11.5. The van der Waals surface area contributed by atoms with Crippen molar-refractivity contribution < 1.29 is 4.74 Å². The van der Waals surface area contributed by atoms with E-state index in [0.717, 1.165) is 31.5 Å². The van der Waals surface area contributed by atoms with Gasteiger partial charge in [0.05, 0.1) is 4.34 Å². The van der Waals surface area contributed by atoms with Crippen molar-refractivity contribution in [3.05, 3.63) is 49.6 Å². The number of thiophene rings is 1. The molecule has 5 heteroatoms. The summed E-state index contributed by atoms with van der Waals surface area (Å²) in [6, 6.07) is 10.4. The van der Waals surface area contributed by atoms with Crippen LogP contribution >= 0.6 is 38.9 Å². The Morgan fingerprint density at radius 2 is 2.10 bits per heavy atom. The highest BCUT2D eigenvalue weighted by molar-refractivity contribution is 9.10. The standard InChI is InChI=1S/C15H17BrClNOS/c1-10(2)18-8-11-7-12(16)3-5-14(11)19-9-13-4-6-15(17)20-13/h3-7,10,18H,8-9H2,1-2H3. The predicted molar refractivity (Wildman–Crippen MR) is 89.8 cm³/mol. The summed E-state index contributed by atoms with van der Waals surface area (Å²) in [6.07, 6.45) is 0. The van der Waals surface area contributed by atoms with Crippen LogP contribution in [-0.4, -0.2) is 6.04 Å². The zero-order chi connectivity index (χ0) is 14.5. The third-order valence-electron chi connectivity index (χ3n) is 2.72. The lowest BCUT2D eigenvalue weighted by Gasteiger charge is -2.14. The molecule has 1 heterocycles. The maximum absolute atomic E-state index is 5.93. The molecule has 0 fully saturated rings. The highest BCUT2D eigenvalue weighted by Crippen LogP contribution is 2.26. The Kier molecular flexibility index (Phi) is 5.90. The summed E-state index contributed by atoms with van der Waals surface area (Å²) in [7, 11) is 0. The molecule has 108 valence electrons. The summed E-state index contributed by atoms with van der Waals surface area (Å²) in [6.45, 7) is 5.60. The summed E-state index contributed by atoms with van der Waals surface area (Å²) < 4.78 is 7.77. The molecule has 0 unspecified atom stereocenters. The van der Waals surface area contributed by atoms with Crippen molar-refractivity contribution in [1.29, 1.82) is 0 Å². The Bertz CT molecular complexity index is 571. The van der Waals surface area contributed by atoms with Crippen molar-refractivity contribution in [2.75, 3.05) is 0 Å². The molecule has 0 aliphatic carbocycles. The van der Waals surface area contributed by atoms with Gasteiger partial charge in [-0.1, -0.05) is 41.4 Å². The summed E-state index contributed by atoms with van der Waals surface area (Å²) in [5.74, 6) is 0.908. The minimum absolute atomic E-state index is 0.443. The smallest absolute Gasteiger partial charge is 0.124 e. The van der Waals surface area contributed by atoms with E-state index in [0.29, 0.717) is 12.6 Å². The van der Waals surface area contributed by atoms with Crippen LogP contribution in [0.1, 0.15) is 24.3 Å². The monoisotopic (exact) mass is 373 g/mol. The lowest BCUT2D eigenvalue weighted by molar-refractivity contribution is 0.305. The van der Waals surface area contributed by atoms with E-state index in [9.17, 15) is 0 Å². The number of halogens is 2. The molecule has 0 spiro atoms. The van der Waals surface area contributed by atoms with Gasteiger partial charge in [0.2, 0.25) is 0 Å². The maximum atomic E-state index is 5.93. The zero-order valence-corrected chi connectivity index (χ0v) is 14.6. The Hall–Kier alpha value is -0.550. The van der Waals surface area contributed by atoms with Crippen LogP contribution in [0.3, 0.4) is 0 Å².